The summed E-state index contributed by atoms with van der Waals surface area (Å²) in [4.78, 5) is 13.1. The summed E-state index contributed by atoms with van der Waals surface area (Å²) in [7, 11) is 1.36. The fraction of sp³-hybridized carbons (Fsp3) is 0.385. The summed E-state index contributed by atoms with van der Waals surface area (Å²) in [5.74, 6) is -0.309. The van der Waals surface area contributed by atoms with Crippen molar-refractivity contribution in [3.63, 3.8) is 0 Å². The van der Waals surface area contributed by atoms with Crippen LogP contribution in [0.25, 0.3) is 0 Å². The van der Waals surface area contributed by atoms with Gasteiger partial charge in [0.1, 0.15) is 12.6 Å². The molecule has 0 aliphatic carbocycles. The quantitative estimate of drug-likeness (QED) is 0.744. The van der Waals surface area contributed by atoms with E-state index in [1.807, 2.05) is 36.9 Å². The first-order valence-electron chi connectivity index (χ1n) is 5.44. The number of rotatable bonds is 4. The lowest BCUT2D eigenvalue weighted by Gasteiger charge is -2.22. The van der Waals surface area contributed by atoms with Crippen molar-refractivity contribution in [3.05, 3.63) is 29.3 Å². The molecule has 0 amide bonds. The van der Waals surface area contributed by atoms with E-state index in [1.54, 1.807) is 0 Å². The van der Waals surface area contributed by atoms with Crippen LogP contribution in [0.1, 0.15) is 18.1 Å². The molecule has 0 aliphatic rings. The molecule has 0 aliphatic heterocycles. The highest BCUT2D eigenvalue weighted by Gasteiger charge is 2.13. The van der Waals surface area contributed by atoms with Crippen LogP contribution in [0.15, 0.2) is 18.2 Å². The summed E-state index contributed by atoms with van der Waals surface area (Å²) in [5, 5.41) is 9.09. The highest BCUT2D eigenvalue weighted by atomic mass is 16.5. The number of nitriles is 1. The van der Waals surface area contributed by atoms with Crippen molar-refractivity contribution in [3.8, 4) is 6.07 Å². The number of likely N-dealkylation sites (N-methyl/N-ethyl adjacent to an activating group) is 1. The zero-order chi connectivity index (χ0) is 12.8. The Morgan fingerprint density at radius 2 is 2.24 bits per heavy atom. The predicted molar refractivity (Wildman–Crippen MR) is 65.8 cm³/mol. The third-order valence-electron chi connectivity index (χ3n) is 2.54. The first kappa shape index (κ1) is 13.0. The highest BCUT2D eigenvalue weighted by Crippen LogP contribution is 2.21. The van der Waals surface area contributed by atoms with Crippen LogP contribution in [0.5, 0.6) is 0 Å². The Morgan fingerprint density at radius 3 is 2.76 bits per heavy atom. The topological polar surface area (TPSA) is 53.3 Å². The number of benzene rings is 1. The number of carbonyl (C=O) groups excluding carboxylic acids is 1. The maximum Gasteiger partial charge on any atom is 0.325 e. The van der Waals surface area contributed by atoms with Gasteiger partial charge < -0.3 is 9.64 Å². The Bertz CT molecular complexity index is 449. The van der Waals surface area contributed by atoms with Gasteiger partial charge in [-0.05, 0) is 31.5 Å². The number of methoxy groups -OCH3 is 1. The van der Waals surface area contributed by atoms with Crippen LogP contribution in [0.3, 0.4) is 0 Å². The molecule has 4 nitrogen and oxygen atoms in total. The molecular weight excluding hydrogens is 216 g/mol. The Hall–Kier alpha value is -2.02. The van der Waals surface area contributed by atoms with Gasteiger partial charge in [0.2, 0.25) is 0 Å². The lowest BCUT2D eigenvalue weighted by molar-refractivity contribution is -0.138. The molecule has 1 aromatic rings. The second-order valence-electron chi connectivity index (χ2n) is 3.72. The third-order valence-corrected chi connectivity index (χ3v) is 2.54. The number of carbonyl (C=O) groups is 1. The Labute approximate surface area is 101 Å². The van der Waals surface area contributed by atoms with Crippen LogP contribution in [0, 0.1) is 18.3 Å². The molecule has 0 bridgehead atoms. The zero-order valence-electron chi connectivity index (χ0n) is 10.4. The number of hydrogen-bond donors (Lipinski definition) is 0. The molecule has 0 spiro atoms. The molecule has 90 valence electrons. The highest BCUT2D eigenvalue weighted by molar-refractivity contribution is 5.77. The number of hydrogen-bond acceptors (Lipinski definition) is 4. The zero-order valence-corrected chi connectivity index (χ0v) is 10.4. The predicted octanol–water partition coefficient (Wildman–Crippen LogP) is 1.87. The normalized spacial score (nSPS) is 9.53. The minimum Gasteiger partial charge on any atom is -0.468 e. The van der Waals surface area contributed by atoms with Crippen molar-refractivity contribution in [2.24, 2.45) is 0 Å². The van der Waals surface area contributed by atoms with Crippen molar-refractivity contribution in [2.75, 3.05) is 25.1 Å². The van der Waals surface area contributed by atoms with E-state index in [2.05, 4.69) is 10.8 Å². The van der Waals surface area contributed by atoms with Crippen LogP contribution in [-0.2, 0) is 9.53 Å². The lowest BCUT2D eigenvalue weighted by atomic mass is 10.1. The molecule has 0 N–H and O–H groups in total. The smallest absolute Gasteiger partial charge is 0.325 e. The number of anilines is 1. The first-order chi connectivity index (χ1) is 8.12. The molecule has 1 rings (SSSR count). The molecule has 0 atom stereocenters. The van der Waals surface area contributed by atoms with E-state index in [0.717, 1.165) is 11.3 Å². The van der Waals surface area contributed by atoms with E-state index >= 15 is 0 Å². The Morgan fingerprint density at radius 1 is 1.53 bits per heavy atom. The minimum absolute atomic E-state index is 0.157. The van der Waals surface area contributed by atoms with Crippen molar-refractivity contribution in [2.45, 2.75) is 13.8 Å². The van der Waals surface area contributed by atoms with E-state index in [0.29, 0.717) is 12.1 Å². The monoisotopic (exact) mass is 232 g/mol. The summed E-state index contributed by atoms with van der Waals surface area (Å²) in [5.41, 5.74) is 2.38. The minimum atomic E-state index is -0.309. The second-order valence-corrected chi connectivity index (χ2v) is 3.72. The molecule has 0 saturated carbocycles. The van der Waals surface area contributed by atoms with Gasteiger partial charge in [0.15, 0.2) is 0 Å². The van der Waals surface area contributed by atoms with Gasteiger partial charge in [0, 0.05) is 6.54 Å². The number of nitrogens with zero attached hydrogens (tertiary/aromatic N) is 2. The summed E-state index contributed by atoms with van der Waals surface area (Å²) >= 11 is 0. The average molecular weight is 232 g/mol. The fourth-order valence-electron chi connectivity index (χ4n) is 1.60. The largest absolute Gasteiger partial charge is 0.468 e. The van der Waals surface area contributed by atoms with Crippen molar-refractivity contribution in [1.82, 2.24) is 0 Å². The molecule has 4 heteroatoms. The van der Waals surface area contributed by atoms with E-state index < -0.39 is 0 Å². The molecule has 0 unspecified atom stereocenters. The Kier molecular flexibility index (Phi) is 4.53. The second kappa shape index (κ2) is 5.90. The first-order valence-corrected chi connectivity index (χ1v) is 5.44. The molecule has 0 fully saturated rings. The molecule has 0 radical (unpaired) electrons. The fourth-order valence-corrected chi connectivity index (χ4v) is 1.60. The molecule has 0 aromatic heterocycles. The summed E-state index contributed by atoms with van der Waals surface area (Å²) in [6, 6.07) is 7.75. The van der Waals surface area contributed by atoms with E-state index in [9.17, 15) is 4.79 Å². The lowest BCUT2D eigenvalue weighted by Crippen LogP contribution is -2.30. The molecular formula is C13H16N2O2. The van der Waals surface area contributed by atoms with Crippen LogP contribution >= 0.6 is 0 Å². The number of ether oxygens (including phenoxy) is 1. The molecule has 17 heavy (non-hydrogen) atoms. The van der Waals surface area contributed by atoms with Gasteiger partial charge in [0.05, 0.1) is 18.4 Å². The Balaban J connectivity index is 3.04. The average Bonchev–Trinajstić information content (AvgIpc) is 2.35. The van der Waals surface area contributed by atoms with Gasteiger partial charge in [0.25, 0.3) is 0 Å². The van der Waals surface area contributed by atoms with Gasteiger partial charge >= 0.3 is 5.97 Å². The summed E-state index contributed by atoms with van der Waals surface area (Å²) < 4.78 is 4.64. The van der Waals surface area contributed by atoms with E-state index in [1.165, 1.54) is 7.11 Å². The van der Waals surface area contributed by atoms with Crippen molar-refractivity contribution < 1.29 is 9.53 Å². The van der Waals surface area contributed by atoms with Crippen LogP contribution in [-0.4, -0.2) is 26.2 Å². The maximum atomic E-state index is 11.3. The SMILES string of the molecule is CCN(CC(=O)OC)c1ccc(C)cc1C#N. The molecule has 0 heterocycles. The number of aryl methyl sites for hydroxylation is 1. The summed E-state index contributed by atoms with van der Waals surface area (Å²) in [6.07, 6.45) is 0. The van der Waals surface area contributed by atoms with Gasteiger partial charge in [-0.1, -0.05) is 6.07 Å². The van der Waals surface area contributed by atoms with Crippen LogP contribution < -0.4 is 4.90 Å². The number of esters is 1. The van der Waals surface area contributed by atoms with Crippen molar-refractivity contribution >= 4 is 11.7 Å². The summed E-state index contributed by atoms with van der Waals surface area (Å²) in [6.45, 7) is 4.67. The van der Waals surface area contributed by atoms with E-state index in [-0.39, 0.29) is 12.5 Å². The van der Waals surface area contributed by atoms with Crippen molar-refractivity contribution in [1.29, 1.82) is 5.26 Å². The maximum absolute atomic E-state index is 11.3. The van der Waals surface area contributed by atoms with Gasteiger partial charge in [-0.2, -0.15) is 5.26 Å². The molecule has 0 saturated heterocycles. The van der Waals surface area contributed by atoms with Crippen LogP contribution in [0.4, 0.5) is 5.69 Å². The standard InChI is InChI=1S/C13H16N2O2/c1-4-15(9-13(16)17-3)12-6-5-10(2)7-11(12)8-14/h5-7H,4,9H2,1-3H3. The van der Waals surface area contributed by atoms with Gasteiger partial charge in [-0.15, -0.1) is 0 Å². The molecule has 1 aromatic carbocycles. The third kappa shape index (κ3) is 3.22. The van der Waals surface area contributed by atoms with E-state index in [4.69, 9.17) is 5.26 Å². The van der Waals surface area contributed by atoms with Gasteiger partial charge in [-0.3, -0.25) is 4.79 Å². The van der Waals surface area contributed by atoms with Crippen LogP contribution in [0.2, 0.25) is 0 Å². The van der Waals surface area contributed by atoms with Gasteiger partial charge in [-0.25, -0.2) is 0 Å².